The molecule has 0 spiro atoms. The molecular formula is C10H20N2O. The summed E-state index contributed by atoms with van der Waals surface area (Å²) in [6.45, 7) is 4.46. The van der Waals surface area contributed by atoms with E-state index in [0.717, 1.165) is 25.6 Å². The number of likely N-dealkylation sites (tertiary alicyclic amines) is 2. The zero-order valence-electron chi connectivity index (χ0n) is 8.45. The Hall–Kier alpha value is -0.120. The van der Waals surface area contributed by atoms with Crippen molar-refractivity contribution in [3.8, 4) is 0 Å². The summed E-state index contributed by atoms with van der Waals surface area (Å²) >= 11 is 0. The van der Waals surface area contributed by atoms with Gasteiger partial charge in [-0.2, -0.15) is 0 Å². The number of nitrogens with zero attached hydrogens (tertiary/aromatic N) is 2. The first-order valence-corrected chi connectivity index (χ1v) is 5.36. The molecule has 0 bridgehead atoms. The highest BCUT2D eigenvalue weighted by Crippen LogP contribution is 2.20. The Morgan fingerprint density at radius 1 is 1.08 bits per heavy atom. The zero-order valence-corrected chi connectivity index (χ0v) is 8.45. The van der Waals surface area contributed by atoms with Gasteiger partial charge in [-0.15, -0.1) is 0 Å². The van der Waals surface area contributed by atoms with Gasteiger partial charge in [0.1, 0.15) is 0 Å². The lowest BCUT2D eigenvalue weighted by molar-refractivity contribution is 0.119. The molecular weight excluding hydrogens is 164 g/mol. The van der Waals surface area contributed by atoms with Crippen molar-refractivity contribution in [1.29, 1.82) is 0 Å². The predicted molar refractivity (Wildman–Crippen MR) is 52.7 cm³/mol. The molecule has 0 aromatic carbocycles. The summed E-state index contributed by atoms with van der Waals surface area (Å²) in [6, 6.07) is 0.744. The second-order valence-corrected chi connectivity index (χ2v) is 4.47. The lowest BCUT2D eigenvalue weighted by atomic mass is 10.0. The van der Waals surface area contributed by atoms with Crippen molar-refractivity contribution < 1.29 is 5.11 Å². The molecule has 2 rings (SSSR count). The van der Waals surface area contributed by atoms with Crippen molar-refractivity contribution in [2.24, 2.45) is 0 Å². The highest BCUT2D eigenvalue weighted by Gasteiger charge is 2.28. The molecule has 0 saturated carbocycles. The fourth-order valence-corrected chi connectivity index (χ4v) is 2.46. The van der Waals surface area contributed by atoms with E-state index in [9.17, 15) is 5.11 Å². The van der Waals surface area contributed by atoms with E-state index in [-0.39, 0.29) is 6.10 Å². The van der Waals surface area contributed by atoms with Crippen LogP contribution in [-0.2, 0) is 0 Å². The van der Waals surface area contributed by atoms with Gasteiger partial charge in [-0.1, -0.05) is 0 Å². The molecule has 0 amide bonds. The van der Waals surface area contributed by atoms with E-state index in [4.69, 9.17) is 0 Å². The summed E-state index contributed by atoms with van der Waals surface area (Å²) in [4.78, 5) is 4.86. The number of piperidine rings is 1. The first-order chi connectivity index (χ1) is 6.25. The van der Waals surface area contributed by atoms with Gasteiger partial charge < -0.3 is 10.0 Å². The fourth-order valence-electron chi connectivity index (χ4n) is 2.46. The third kappa shape index (κ3) is 2.22. The molecule has 3 heteroatoms. The molecule has 0 aromatic rings. The first-order valence-electron chi connectivity index (χ1n) is 5.36. The molecule has 2 fully saturated rings. The molecule has 13 heavy (non-hydrogen) atoms. The van der Waals surface area contributed by atoms with Crippen LogP contribution in [0.2, 0.25) is 0 Å². The standard InChI is InChI=1S/C10H20N2O/c1-11-5-2-9(3-6-11)12-7-4-10(13)8-12/h9-10,13H,2-8H2,1H3/t10-/m0/s1. The second kappa shape index (κ2) is 3.95. The van der Waals surface area contributed by atoms with Crippen LogP contribution in [0.1, 0.15) is 19.3 Å². The van der Waals surface area contributed by atoms with Gasteiger partial charge in [0.05, 0.1) is 6.10 Å². The van der Waals surface area contributed by atoms with Crippen LogP contribution in [0, 0.1) is 0 Å². The summed E-state index contributed by atoms with van der Waals surface area (Å²) in [5.74, 6) is 0. The van der Waals surface area contributed by atoms with Crippen molar-refractivity contribution in [2.45, 2.75) is 31.4 Å². The minimum Gasteiger partial charge on any atom is -0.392 e. The predicted octanol–water partition coefficient (Wildman–Crippen LogP) is 0.147. The maximum absolute atomic E-state index is 9.43. The van der Waals surface area contributed by atoms with Crippen LogP contribution in [0.15, 0.2) is 0 Å². The molecule has 2 saturated heterocycles. The van der Waals surface area contributed by atoms with Crippen molar-refractivity contribution in [1.82, 2.24) is 9.80 Å². The van der Waals surface area contributed by atoms with Crippen LogP contribution >= 0.6 is 0 Å². The van der Waals surface area contributed by atoms with E-state index < -0.39 is 0 Å². The Bertz CT molecular complexity index is 166. The van der Waals surface area contributed by atoms with Gasteiger partial charge in [0.25, 0.3) is 0 Å². The highest BCUT2D eigenvalue weighted by atomic mass is 16.3. The van der Waals surface area contributed by atoms with Crippen LogP contribution in [0.5, 0.6) is 0 Å². The van der Waals surface area contributed by atoms with Crippen molar-refractivity contribution >= 4 is 0 Å². The molecule has 0 unspecified atom stereocenters. The molecule has 1 atom stereocenters. The fraction of sp³-hybridized carbons (Fsp3) is 1.00. The average molecular weight is 184 g/mol. The Labute approximate surface area is 80.3 Å². The minimum atomic E-state index is -0.0559. The highest BCUT2D eigenvalue weighted by molar-refractivity contribution is 4.84. The monoisotopic (exact) mass is 184 g/mol. The van der Waals surface area contributed by atoms with Gasteiger partial charge in [-0.3, -0.25) is 4.90 Å². The Morgan fingerprint density at radius 2 is 1.77 bits per heavy atom. The topological polar surface area (TPSA) is 26.7 Å². The largest absolute Gasteiger partial charge is 0.392 e. The smallest absolute Gasteiger partial charge is 0.0679 e. The van der Waals surface area contributed by atoms with Crippen molar-refractivity contribution in [3.63, 3.8) is 0 Å². The molecule has 76 valence electrons. The third-order valence-electron chi connectivity index (χ3n) is 3.40. The number of rotatable bonds is 1. The molecule has 2 aliphatic rings. The lowest BCUT2D eigenvalue weighted by Gasteiger charge is -2.34. The van der Waals surface area contributed by atoms with Gasteiger partial charge >= 0.3 is 0 Å². The Morgan fingerprint density at radius 3 is 2.31 bits per heavy atom. The number of β-amino-alcohol motifs (C(OH)–C–C–N with tert-alkyl or cyclic N) is 1. The van der Waals surface area contributed by atoms with Gasteiger partial charge in [0.15, 0.2) is 0 Å². The second-order valence-electron chi connectivity index (χ2n) is 4.47. The molecule has 0 aromatic heterocycles. The summed E-state index contributed by atoms with van der Waals surface area (Å²) in [5, 5.41) is 9.43. The Kier molecular flexibility index (Phi) is 2.86. The van der Waals surface area contributed by atoms with Crippen LogP contribution in [-0.4, -0.2) is 60.3 Å². The number of aliphatic hydroxyl groups excluding tert-OH is 1. The average Bonchev–Trinajstić information content (AvgIpc) is 2.53. The van der Waals surface area contributed by atoms with Crippen LogP contribution < -0.4 is 0 Å². The summed E-state index contributed by atoms with van der Waals surface area (Å²) in [5.41, 5.74) is 0. The van der Waals surface area contributed by atoms with E-state index in [1.807, 2.05) is 0 Å². The normalized spacial score (nSPS) is 34.2. The number of hydrogen-bond donors (Lipinski definition) is 1. The van der Waals surface area contributed by atoms with E-state index in [2.05, 4.69) is 16.8 Å². The van der Waals surface area contributed by atoms with E-state index in [0.29, 0.717) is 0 Å². The van der Waals surface area contributed by atoms with Crippen LogP contribution in [0.4, 0.5) is 0 Å². The van der Waals surface area contributed by atoms with Gasteiger partial charge in [0, 0.05) is 19.1 Å². The molecule has 2 aliphatic heterocycles. The molecule has 3 nitrogen and oxygen atoms in total. The van der Waals surface area contributed by atoms with Crippen molar-refractivity contribution in [3.05, 3.63) is 0 Å². The summed E-state index contributed by atoms with van der Waals surface area (Å²) in [7, 11) is 2.19. The number of hydrogen-bond acceptors (Lipinski definition) is 3. The van der Waals surface area contributed by atoms with E-state index in [1.165, 1.54) is 25.9 Å². The lowest BCUT2D eigenvalue weighted by Crippen LogP contribution is -2.42. The minimum absolute atomic E-state index is 0.0559. The summed E-state index contributed by atoms with van der Waals surface area (Å²) < 4.78 is 0. The van der Waals surface area contributed by atoms with Crippen molar-refractivity contribution in [2.75, 3.05) is 33.2 Å². The molecule has 1 N–H and O–H groups in total. The Balaban J connectivity index is 1.81. The van der Waals surface area contributed by atoms with Gasteiger partial charge in [-0.25, -0.2) is 0 Å². The maximum atomic E-state index is 9.43. The third-order valence-corrected chi connectivity index (χ3v) is 3.40. The van der Waals surface area contributed by atoms with Crippen LogP contribution in [0.3, 0.4) is 0 Å². The summed E-state index contributed by atoms with van der Waals surface area (Å²) in [6.07, 6.45) is 3.48. The maximum Gasteiger partial charge on any atom is 0.0679 e. The SMILES string of the molecule is CN1CCC(N2CC[C@H](O)C2)CC1. The molecule has 0 radical (unpaired) electrons. The van der Waals surface area contributed by atoms with E-state index >= 15 is 0 Å². The first kappa shape index (κ1) is 9.44. The number of aliphatic hydroxyl groups is 1. The quantitative estimate of drug-likeness (QED) is 0.628. The molecule has 2 heterocycles. The van der Waals surface area contributed by atoms with E-state index in [1.54, 1.807) is 0 Å². The molecule has 0 aliphatic carbocycles. The van der Waals surface area contributed by atoms with Crippen LogP contribution in [0.25, 0.3) is 0 Å². The van der Waals surface area contributed by atoms with Gasteiger partial charge in [-0.05, 0) is 39.4 Å². The van der Waals surface area contributed by atoms with Gasteiger partial charge in [0.2, 0.25) is 0 Å². The zero-order chi connectivity index (χ0) is 9.26.